The second-order valence-corrected chi connectivity index (χ2v) is 5.74. The Morgan fingerprint density at radius 1 is 0.963 bits per heavy atom. The van der Waals surface area contributed by atoms with Gasteiger partial charge in [-0.1, -0.05) is 0 Å². The molecule has 27 heavy (non-hydrogen) atoms. The van der Waals surface area contributed by atoms with Crippen LogP contribution in [0.5, 0.6) is 0 Å². The lowest BCUT2D eigenvalue weighted by Crippen LogP contribution is -2.30. The Morgan fingerprint density at radius 2 is 1.59 bits per heavy atom. The zero-order chi connectivity index (χ0) is 19.4. The third-order valence-corrected chi connectivity index (χ3v) is 3.80. The van der Waals surface area contributed by atoms with Crippen molar-refractivity contribution in [2.45, 2.75) is 13.0 Å². The van der Waals surface area contributed by atoms with Crippen LogP contribution in [0.1, 0.15) is 27.6 Å². The molecule has 0 saturated carbocycles. The SMILES string of the molecule is C[C@H](OC(=O)c1ccc2nccnc2c1)C(=O)Nc1ccc(C(N)=O)cc1. The van der Waals surface area contributed by atoms with Gasteiger partial charge < -0.3 is 15.8 Å². The van der Waals surface area contributed by atoms with Gasteiger partial charge in [-0.05, 0) is 49.4 Å². The summed E-state index contributed by atoms with van der Waals surface area (Å²) in [6.07, 6.45) is 2.06. The largest absolute Gasteiger partial charge is 0.449 e. The Bertz CT molecular complexity index is 1020. The number of carbonyl (C=O) groups is 3. The van der Waals surface area contributed by atoms with Gasteiger partial charge in [-0.3, -0.25) is 19.6 Å². The number of primary amides is 1. The zero-order valence-corrected chi connectivity index (χ0v) is 14.4. The van der Waals surface area contributed by atoms with E-state index in [9.17, 15) is 14.4 Å². The molecule has 3 aromatic rings. The molecule has 0 unspecified atom stereocenters. The molecule has 0 aliphatic rings. The van der Waals surface area contributed by atoms with Gasteiger partial charge in [0.05, 0.1) is 16.6 Å². The summed E-state index contributed by atoms with van der Waals surface area (Å²) in [6.45, 7) is 1.46. The lowest BCUT2D eigenvalue weighted by atomic mass is 10.2. The number of esters is 1. The first-order valence-corrected chi connectivity index (χ1v) is 8.06. The van der Waals surface area contributed by atoms with Gasteiger partial charge in [0, 0.05) is 23.6 Å². The van der Waals surface area contributed by atoms with Crippen molar-refractivity contribution >= 4 is 34.5 Å². The first-order valence-electron chi connectivity index (χ1n) is 8.06. The van der Waals surface area contributed by atoms with Crippen molar-refractivity contribution in [3.63, 3.8) is 0 Å². The van der Waals surface area contributed by atoms with Crippen molar-refractivity contribution in [3.8, 4) is 0 Å². The molecule has 136 valence electrons. The highest BCUT2D eigenvalue weighted by atomic mass is 16.5. The fraction of sp³-hybridized carbons (Fsp3) is 0.105. The highest BCUT2D eigenvalue weighted by Gasteiger charge is 2.19. The van der Waals surface area contributed by atoms with Crippen molar-refractivity contribution < 1.29 is 19.1 Å². The Labute approximate surface area is 154 Å². The van der Waals surface area contributed by atoms with Gasteiger partial charge in [0.1, 0.15) is 0 Å². The molecule has 0 bridgehead atoms. The zero-order valence-electron chi connectivity index (χ0n) is 14.4. The van der Waals surface area contributed by atoms with Crippen LogP contribution in [0.25, 0.3) is 11.0 Å². The molecule has 8 heteroatoms. The van der Waals surface area contributed by atoms with Crippen LogP contribution < -0.4 is 11.1 Å². The normalized spacial score (nSPS) is 11.6. The molecular formula is C19H16N4O4. The fourth-order valence-corrected chi connectivity index (χ4v) is 2.33. The first kappa shape index (κ1) is 18.0. The Hall–Kier alpha value is -3.81. The van der Waals surface area contributed by atoms with Gasteiger partial charge in [-0.2, -0.15) is 0 Å². The molecule has 0 radical (unpaired) electrons. The van der Waals surface area contributed by atoms with Gasteiger partial charge in [-0.25, -0.2) is 4.79 Å². The van der Waals surface area contributed by atoms with E-state index in [0.717, 1.165) is 0 Å². The number of aromatic nitrogens is 2. The maximum absolute atomic E-state index is 12.3. The predicted molar refractivity (Wildman–Crippen MR) is 98.0 cm³/mol. The van der Waals surface area contributed by atoms with E-state index in [2.05, 4.69) is 15.3 Å². The summed E-state index contributed by atoms with van der Waals surface area (Å²) in [5, 5.41) is 2.60. The quantitative estimate of drug-likeness (QED) is 0.667. The first-order chi connectivity index (χ1) is 12.9. The fourth-order valence-electron chi connectivity index (χ4n) is 2.33. The van der Waals surface area contributed by atoms with E-state index < -0.39 is 23.9 Å². The number of nitrogens with zero attached hydrogens (tertiary/aromatic N) is 2. The summed E-state index contributed by atoms with van der Waals surface area (Å²) in [5.41, 5.74) is 7.42. The van der Waals surface area contributed by atoms with Gasteiger partial charge in [0.2, 0.25) is 5.91 Å². The standard InChI is InChI=1S/C19H16N4O4/c1-11(18(25)23-14-5-2-12(3-6-14)17(20)24)27-19(26)13-4-7-15-16(10-13)22-9-8-21-15/h2-11H,1H3,(H2,20,24)(H,23,25)/t11-/m0/s1. The van der Waals surface area contributed by atoms with Gasteiger partial charge in [0.25, 0.3) is 5.91 Å². The maximum atomic E-state index is 12.3. The van der Waals surface area contributed by atoms with Crippen molar-refractivity contribution in [2.75, 3.05) is 5.32 Å². The Kier molecular flexibility index (Phi) is 5.07. The van der Waals surface area contributed by atoms with Crippen LogP contribution in [0.15, 0.2) is 54.9 Å². The minimum atomic E-state index is -1.02. The molecule has 0 aliphatic carbocycles. The average Bonchev–Trinajstić information content (AvgIpc) is 2.67. The summed E-state index contributed by atoms with van der Waals surface area (Å²) in [4.78, 5) is 43.8. The number of anilines is 1. The van der Waals surface area contributed by atoms with Gasteiger partial charge in [-0.15, -0.1) is 0 Å². The van der Waals surface area contributed by atoms with Crippen LogP contribution in [-0.4, -0.2) is 33.9 Å². The van der Waals surface area contributed by atoms with E-state index in [1.54, 1.807) is 24.4 Å². The van der Waals surface area contributed by atoms with E-state index in [1.807, 2.05) is 0 Å². The summed E-state index contributed by atoms with van der Waals surface area (Å²) >= 11 is 0. The summed E-state index contributed by atoms with van der Waals surface area (Å²) < 4.78 is 5.21. The van der Waals surface area contributed by atoms with E-state index >= 15 is 0 Å². The highest BCUT2D eigenvalue weighted by Crippen LogP contribution is 2.14. The lowest BCUT2D eigenvalue weighted by Gasteiger charge is -2.14. The van der Waals surface area contributed by atoms with Crippen molar-refractivity contribution in [1.29, 1.82) is 0 Å². The number of nitrogens with two attached hydrogens (primary N) is 1. The number of amides is 2. The molecule has 0 saturated heterocycles. The van der Waals surface area contributed by atoms with Crippen LogP contribution in [0.2, 0.25) is 0 Å². The molecule has 8 nitrogen and oxygen atoms in total. The van der Waals surface area contributed by atoms with E-state index in [4.69, 9.17) is 10.5 Å². The molecule has 1 heterocycles. The second kappa shape index (κ2) is 7.61. The number of hydrogen-bond acceptors (Lipinski definition) is 6. The van der Waals surface area contributed by atoms with Crippen LogP contribution >= 0.6 is 0 Å². The number of ether oxygens (including phenoxy) is 1. The molecule has 3 N–H and O–H groups in total. The monoisotopic (exact) mass is 364 g/mol. The second-order valence-electron chi connectivity index (χ2n) is 5.74. The topological polar surface area (TPSA) is 124 Å². The molecule has 0 spiro atoms. The van der Waals surface area contributed by atoms with E-state index in [-0.39, 0.29) is 5.56 Å². The Morgan fingerprint density at radius 3 is 2.26 bits per heavy atom. The smallest absolute Gasteiger partial charge is 0.338 e. The summed E-state index contributed by atoms with van der Waals surface area (Å²) in [7, 11) is 0. The summed E-state index contributed by atoms with van der Waals surface area (Å²) in [5.74, 6) is -1.71. The summed E-state index contributed by atoms with van der Waals surface area (Å²) in [6, 6.07) is 10.8. The molecule has 1 aromatic heterocycles. The number of hydrogen-bond donors (Lipinski definition) is 2. The number of rotatable bonds is 5. The van der Waals surface area contributed by atoms with Crippen LogP contribution in [0, 0.1) is 0 Å². The van der Waals surface area contributed by atoms with Crippen LogP contribution in [0.4, 0.5) is 5.69 Å². The molecule has 0 aliphatic heterocycles. The lowest BCUT2D eigenvalue weighted by molar-refractivity contribution is -0.123. The number of carbonyl (C=O) groups excluding carboxylic acids is 3. The molecule has 2 aromatic carbocycles. The van der Waals surface area contributed by atoms with Crippen molar-refractivity contribution in [2.24, 2.45) is 5.73 Å². The maximum Gasteiger partial charge on any atom is 0.338 e. The van der Waals surface area contributed by atoms with Gasteiger partial charge >= 0.3 is 5.97 Å². The third-order valence-electron chi connectivity index (χ3n) is 3.80. The highest BCUT2D eigenvalue weighted by molar-refractivity contribution is 5.99. The van der Waals surface area contributed by atoms with Gasteiger partial charge in [0.15, 0.2) is 6.10 Å². The molecule has 0 fully saturated rings. The molecule has 3 rings (SSSR count). The average molecular weight is 364 g/mol. The number of fused-ring (bicyclic) bond motifs is 1. The van der Waals surface area contributed by atoms with Crippen molar-refractivity contribution in [3.05, 3.63) is 66.0 Å². The Balaban J connectivity index is 1.64. The van der Waals surface area contributed by atoms with Crippen molar-refractivity contribution in [1.82, 2.24) is 9.97 Å². The molecule has 1 atom stereocenters. The van der Waals surface area contributed by atoms with Crippen LogP contribution in [0.3, 0.4) is 0 Å². The van der Waals surface area contributed by atoms with Crippen LogP contribution in [-0.2, 0) is 9.53 Å². The minimum Gasteiger partial charge on any atom is -0.449 e. The minimum absolute atomic E-state index is 0.272. The van der Waals surface area contributed by atoms with E-state index in [0.29, 0.717) is 22.3 Å². The number of benzene rings is 2. The third kappa shape index (κ3) is 4.24. The van der Waals surface area contributed by atoms with E-state index in [1.165, 1.54) is 37.4 Å². The number of nitrogens with one attached hydrogen (secondary N) is 1. The predicted octanol–water partition coefficient (Wildman–Crippen LogP) is 1.91. The molecular weight excluding hydrogens is 348 g/mol. The molecule has 2 amide bonds.